The second-order valence-electron chi connectivity index (χ2n) is 6.25. The van der Waals surface area contributed by atoms with Gasteiger partial charge in [0.15, 0.2) is 0 Å². The van der Waals surface area contributed by atoms with Gasteiger partial charge in [-0.1, -0.05) is 53.5 Å². The van der Waals surface area contributed by atoms with Crippen molar-refractivity contribution in [3.05, 3.63) is 63.6 Å². The van der Waals surface area contributed by atoms with Crippen LogP contribution in [0.25, 0.3) is 0 Å². The number of nitrogens with one attached hydrogen (secondary N) is 1. The molecule has 0 aromatic heterocycles. The first-order valence-corrected chi connectivity index (χ1v) is 8.00. The van der Waals surface area contributed by atoms with E-state index in [1.807, 2.05) is 36.4 Å². The van der Waals surface area contributed by atoms with Crippen molar-refractivity contribution in [3.8, 4) is 5.75 Å². The van der Waals surface area contributed by atoms with Gasteiger partial charge in [-0.15, -0.1) is 0 Å². The molecule has 0 saturated carbocycles. The Morgan fingerprint density at radius 3 is 2.36 bits per heavy atom. The van der Waals surface area contributed by atoms with Gasteiger partial charge in [0.2, 0.25) is 0 Å². The summed E-state index contributed by atoms with van der Waals surface area (Å²) in [5.41, 5.74) is 2.07. The average molecular weight is 338 g/mol. The van der Waals surface area contributed by atoms with Crippen LogP contribution < -0.4 is 10.1 Å². The van der Waals surface area contributed by atoms with E-state index >= 15 is 0 Å². The topological polar surface area (TPSA) is 21.3 Å². The van der Waals surface area contributed by atoms with E-state index in [0.29, 0.717) is 28.9 Å². The van der Waals surface area contributed by atoms with Crippen LogP contribution in [-0.4, -0.2) is 5.54 Å². The van der Waals surface area contributed by atoms with Crippen LogP contribution >= 0.6 is 23.2 Å². The van der Waals surface area contributed by atoms with Gasteiger partial charge in [-0.2, -0.15) is 0 Å². The van der Waals surface area contributed by atoms with Crippen LogP contribution in [0.1, 0.15) is 31.9 Å². The quantitative estimate of drug-likeness (QED) is 0.781. The first-order valence-electron chi connectivity index (χ1n) is 7.25. The van der Waals surface area contributed by atoms with E-state index < -0.39 is 0 Å². The Bertz CT molecular complexity index is 621. The molecule has 0 bridgehead atoms. The first-order chi connectivity index (χ1) is 10.3. The molecular formula is C18H21Cl2NO. The van der Waals surface area contributed by atoms with Crippen molar-refractivity contribution in [2.75, 3.05) is 0 Å². The van der Waals surface area contributed by atoms with Crippen molar-refractivity contribution in [3.63, 3.8) is 0 Å². The second kappa shape index (κ2) is 7.36. The fraction of sp³-hybridized carbons (Fsp3) is 0.333. The highest BCUT2D eigenvalue weighted by Crippen LogP contribution is 2.33. The molecule has 0 aliphatic carbocycles. The van der Waals surface area contributed by atoms with Gasteiger partial charge in [0.25, 0.3) is 0 Å². The molecule has 0 aliphatic heterocycles. The molecule has 0 amide bonds. The lowest BCUT2D eigenvalue weighted by Crippen LogP contribution is -2.35. The minimum atomic E-state index is 0.00545. The summed E-state index contributed by atoms with van der Waals surface area (Å²) in [4.78, 5) is 0. The summed E-state index contributed by atoms with van der Waals surface area (Å²) < 4.78 is 5.94. The lowest BCUT2D eigenvalue weighted by atomic mass is 10.1. The highest BCUT2D eigenvalue weighted by molar-refractivity contribution is 6.35. The van der Waals surface area contributed by atoms with Gasteiger partial charge >= 0.3 is 0 Å². The largest absolute Gasteiger partial charge is 0.487 e. The van der Waals surface area contributed by atoms with E-state index in [-0.39, 0.29) is 5.54 Å². The van der Waals surface area contributed by atoms with Crippen molar-refractivity contribution in [2.24, 2.45) is 0 Å². The van der Waals surface area contributed by atoms with Gasteiger partial charge in [-0.25, -0.2) is 0 Å². The maximum Gasteiger partial charge on any atom is 0.142 e. The van der Waals surface area contributed by atoms with Crippen molar-refractivity contribution in [2.45, 2.75) is 39.5 Å². The molecule has 22 heavy (non-hydrogen) atoms. The summed E-state index contributed by atoms with van der Waals surface area (Å²) in [6.45, 7) is 7.47. The smallest absolute Gasteiger partial charge is 0.142 e. The number of rotatable bonds is 5. The zero-order valence-electron chi connectivity index (χ0n) is 13.1. The predicted octanol–water partition coefficient (Wildman–Crippen LogP) is 5.46. The molecule has 0 aliphatic rings. The van der Waals surface area contributed by atoms with Crippen LogP contribution in [0.3, 0.4) is 0 Å². The molecule has 0 saturated heterocycles. The minimum absolute atomic E-state index is 0.00545. The molecule has 2 nitrogen and oxygen atoms in total. The molecule has 0 unspecified atom stereocenters. The fourth-order valence-corrected chi connectivity index (χ4v) is 2.59. The lowest BCUT2D eigenvalue weighted by Gasteiger charge is -2.22. The number of hydrogen-bond donors (Lipinski definition) is 1. The number of benzene rings is 2. The van der Waals surface area contributed by atoms with Crippen LogP contribution in [-0.2, 0) is 13.2 Å². The van der Waals surface area contributed by atoms with Gasteiger partial charge in [-0.3, -0.25) is 0 Å². The molecule has 0 radical (unpaired) electrons. The van der Waals surface area contributed by atoms with Crippen LogP contribution in [0, 0.1) is 0 Å². The summed E-state index contributed by atoms with van der Waals surface area (Å²) in [7, 11) is 0. The normalized spacial score (nSPS) is 11.5. The Balaban J connectivity index is 2.17. The zero-order valence-corrected chi connectivity index (χ0v) is 14.6. The van der Waals surface area contributed by atoms with Crippen LogP contribution in [0.5, 0.6) is 5.75 Å². The Morgan fingerprint density at radius 1 is 1.05 bits per heavy atom. The lowest BCUT2D eigenvalue weighted by molar-refractivity contribution is 0.300. The van der Waals surface area contributed by atoms with E-state index in [2.05, 4.69) is 26.1 Å². The Labute approximate surface area is 142 Å². The predicted molar refractivity (Wildman–Crippen MR) is 93.8 cm³/mol. The van der Waals surface area contributed by atoms with Gasteiger partial charge in [0, 0.05) is 22.7 Å². The zero-order chi connectivity index (χ0) is 16.2. The molecular weight excluding hydrogens is 317 g/mol. The molecule has 2 aromatic carbocycles. The standard InChI is InChI=1S/C18H21Cl2NO/c1-18(2,3)21-11-14-9-15(19)10-16(20)17(14)22-12-13-7-5-4-6-8-13/h4-10,21H,11-12H2,1-3H3. The molecule has 4 heteroatoms. The van der Waals surface area contributed by atoms with E-state index in [4.69, 9.17) is 27.9 Å². The van der Waals surface area contributed by atoms with Gasteiger partial charge in [0.1, 0.15) is 12.4 Å². The Kier molecular flexibility index (Phi) is 5.74. The summed E-state index contributed by atoms with van der Waals surface area (Å²) >= 11 is 12.4. The number of hydrogen-bond acceptors (Lipinski definition) is 2. The molecule has 0 atom stereocenters. The maximum absolute atomic E-state index is 6.31. The molecule has 1 N–H and O–H groups in total. The molecule has 0 spiro atoms. The highest BCUT2D eigenvalue weighted by Gasteiger charge is 2.14. The van der Waals surface area contributed by atoms with E-state index in [1.165, 1.54) is 0 Å². The number of halogens is 2. The summed E-state index contributed by atoms with van der Waals surface area (Å²) in [6.07, 6.45) is 0. The van der Waals surface area contributed by atoms with E-state index in [1.54, 1.807) is 6.07 Å². The summed E-state index contributed by atoms with van der Waals surface area (Å²) in [5.74, 6) is 0.687. The molecule has 0 heterocycles. The molecule has 118 valence electrons. The van der Waals surface area contributed by atoms with E-state index in [9.17, 15) is 0 Å². The minimum Gasteiger partial charge on any atom is -0.487 e. The van der Waals surface area contributed by atoms with Crippen LogP contribution in [0.15, 0.2) is 42.5 Å². The Hall–Kier alpha value is -1.22. The second-order valence-corrected chi connectivity index (χ2v) is 7.10. The van der Waals surface area contributed by atoms with Gasteiger partial charge < -0.3 is 10.1 Å². The summed E-state index contributed by atoms with van der Waals surface area (Å²) in [6, 6.07) is 13.6. The maximum atomic E-state index is 6.31. The fourth-order valence-electron chi connectivity index (χ4n) is 2.00. The van der Waals surface area contributed by atoms with Crippen molar-refractivity contribution < 1.29 is 4.74 Å². The summed E-state index contributed by atoms with van der Waals surface area (Å²) in [5, 5.41) is 4.58. The van der Waals surface area contributed by atoms with Crippen molar-refractivity contribution >= 4 is 23.2 Å². The SMILES string of the molecule is CC(C)(C)NCc1cc(Cl)cc(Cl)c1OCc1ccccc1. The first kappa shape index (κ1) is 17.1. The highest BCUT2D eigenvalue weighted by atomic mass is 35.5. The third-order valence-corrected chi connectivity index (χ3v) is 3.62. The Morgan fingerprint density at radius 2 is 1.73 bits per heavy atom. The van der Waals surface area contributed by atoms with Crippen molar-refractivity contribution in [1.29, 1.82) is 0 Å². The number of ether oxygens (including phenoxy) is 1. The van der Waals surface area contributed by atoms with Crippen LogP contribution in [0.4, 0.5) is 0 Å². The third-order valence-electron chi connectivity index (χ3n) is 3.12. The third kappa shape index (κ3) is 5.20. The molecule has 2 rings (SSSR count). The van der Waals surface area contributed by atoms with Gasteiger partial charge in [-0.05, 0) is 38.5 Å². The van der Waals surface area contributed by atoms with Gasteiger partial charge in [0.05, 0.1) is 5.02 Å². The van der Waals surface area contributed by atoms with Crippen LogP contribution in [0.2, 0.25) is 10.0 Å². The van der Waals surface area contributed by atoms with Crippen molar-refractivity contribution in [1.82, 2.24) is 5.32 Å². The molecule has 2 aromatic rings. The average Bonchev–Trinajstić information content (AvgIpc) is 2.44. The molecule has 0 fully saturated rings. The monoisotopic (exact) mass is 337 g/mol. The van der Waals surface area contributed by atoms with E-state index in [0.717, 1.165) is 11.1 Å².